The quantitative estimate of drug-likeness (QED) is 0.523. The zero-order valence-electron chi connectivity index (χ0n) is 6.75. The van der Waals surface area contributed by atoms with Crippen molar-refractivity contribution in [1.29, 1.82) is 0 Å². The van der Waals surface area contributed by atoms with Gasteiger partial charge in [0.15, 0.2) is 0 Å². The van der Waals surface area contributed by atoms with Crippen LogP contribution >= 0.6 is 0 Å². The number of hydrogen-bond acceptors (Lipinski definition) is 3. The summed E-state index contributed by atoms with van der Waals surface area (Å²) in [6.07, 6.45) is 0. The molecule has 1 heterocycles. The summed E-state index contributed by atoms with van der Waals surface area (Å²) in [7, 11) is 0. The molecule has 1 aliphatic rings. The van der Waals surface area contributed by atoms with Crippen LogP contribution in [0.2, 0.25) is 0 Å². The molecule has 0 aliphatic carbocycles. The van der Waals surface area contributed by atoms with Crippen LogP contribution in [0, 0.1) is 0 Å². The molecule has 0 saturated heterocycles. The summed E-state index contributed by atoms with van der Waals surface area (Å²) in [5.74, 6) is 0.310. The number of aromatic hydroxyl groups is 1. The van der Waals surface area contributed by atoms with Crippen molar-refractivity contribution in [2.75, 3.05) is 6.54 Å². The average Bonchev–Trinajstić information content (AvgIpc) is 2.04. The molecule has 1 aromatic carbocycles. The fourth-order valence-electron chi connectivity index (χ4n) is 1.58. The highest BCUT2D eigenvalue weighted by atomic mass is 16.3. The first-order chi connectivity index (χ1) is 5.77. The lowest BCUT2D eigenvalue weighted by molar-refractivity contribution is 0.470. The van der Waals surface area contributed by atoms with Crippen molar-refractivity contribution in [2.45, 2.75) is 12.6 Å². The molecule has 1 aromatic rings. The first kappa shape index (κ1) is 7.58. The van der Waals surface area contributed by atoms with E-state index in [-0.39, 0.29) is 6.04 Å². The molecule has 12 heavy (non-hydrogen) atoms. The molecule has 1 unspecified atom stereocenters. The monoisotopic (exact) mass is 164 g/mol. The molecule has 0 saturated carbocycles. The molecule has 0 aromatic heterocycles. The Hall–Kier alpha value is -1.06. The second kappa shape index (κ2) is 2.77. The van der Waals surface area contributed by atoms with Crippen molar-refractivity contribution < 1.29 is 5.11 Å². The maximum Gasteiger partial charge on any atom is 0.115 e. The van der Waals surface area contributed by atoms with Gasteiger partial charge in [-0.1, -0.05) is 6.07 Å². The molecule has 3 nitrogen and oxygen atoms in total. The van der Waals surface area contributed by atoms with Gasteiger partial charge in [0, 0.05) is 19.1 Å². The van der Waals surface area contributed by atoms with Crippen molar-refractivity contribution >= 4 is 0 Å². The average molecular weight is 164 g/mol. The van der Waals surface area contributed by atoms with Crippen molar-refractivity contribution in [1.82, 2.24) is 5.32 Å². The van der Waals surface area contributed by atoms with Crippen LogP contribution in [0.1, 0.15) is 17.2 Å². The summed E-state index contributed by atoms with van der Waals surface area (Å²) in [6.45, 7) is 1.62. The van der Waals surface area contributed by atoms with E-state index in [4.69, 9.17) is 5.73 Å². The van der Waals surface area contributed by atoms with Gasteiger partial charge in [-0.15, -0.1) is 0 Å². The normalized spacial score (nSPS) is 21.9. The number of rotatable bonds is 0. The second-order valence-corrected chi connectivity index (χ2v) is 3.12. The zero-order valence-corrected chi connectivity index (χ0v) is 6.75. The Morgan fingerprint density at radius 1 is 1.50 bits per heavy atom. The van der Waals surface area contributed by atoms with Crippen molar-refractivity contribution in [3.8, 4) is 5.75 Å². The number of phenols is 1. The van der Waals surface area contributed by atoms with Gasteiger partial charge in [-0.05, 0) is 23.3 Å². The minimum Gasteiger partial charge on any atom is -0.508 e. The summed E-state index contributed by atoms with van der Waals surface area (Å²) in [5.41, 5.74) is 8.10. The number of nitrogens with two attached hydrogens (primary N) is 1. The molecule has 0 radical (unpaired) electrons. The molecular weight excluding hydrogens is 152 g/mol. The van der Waals surface area contributed by atoms with E-state index in [1.54, 1.807) is 12.1 Å². The summed E-state index contributed by atoms with van der Waals surface area (Å²) >= 11 is 0. The van der Waals surface area contributed by atoms with Crippen LogP contribution in [0.5, 0.6) is 5.75 Å². The highest BCUT2D eigenvalue weighted by Crippen LogP contribution is 2.23. The van der Waals surface area contributed by atoms with E-state index in [0.29, 0.717) is 5.75 Å². The lowest BCUT2D eigenvalue weighted by atomic mass is 9.97. The summed E-state index contributed by atoms with van der Waals surface area (Å²) in [4.78, 5) is 0. The van der Waals surface area contributed by atoms with Gasteiger partial charge in [-0.25, -0.2) is 0 Å². The summed E-state index contributed by atoms with van der Waals surface area (Å²) in [6, 6.07) is 5.41. The highest BCUT2D eigenvalue weighted by molar-refractivity contribution is 5.38. The van der Waals surface area contributed by atoms with Gasteiger partial charge >= 0.3 is 0 Å². The van der Waals surface area contributed by atoms with Gasteiger partial charge < -0.3 is 16.2 Å². The van der Waals surface area contributed by atoms with Crippen LogP contribution in [0.15, 0.2) is 18.2 Å². The number of fused-ring (bicyclic) bond motifs is 1. The standard InChI is InChI=1S/C9H12N2O/c10-9-5-11-4-6-3-7(12)1-2-8(6)9/h1-3,9,11-12H,4-5,10H2. The van der Waals surface area contributed by atoms with E-state index in [1.165, 1.54) is 0 Å². The van der Waals surface area contributed by atoms with Gasteiger partial charge in [-0.2, -0.15) is 0 Å². The maximum atomic E-state index is 9.21. The summed E-state index contributed by atoms with van der Waals surface area (Å²) < 4.78 is 0. The zero-order chi connectivity index (χ0) is 8.55. The Labute approximate surface area is 71.2 Å². The molecule has 0 bridgehead atoms. The van der Waals surface area contributed by atoms with Gasteiger partial charge in [0.05, 0.1) is 0 Å². The fourth-order valence-corrected chi connectivity index (χ4v) is 1.58. The minimum absolute atomic E-state index is 0.0642. The lowest BCUT2D eigenvalue weighted by Gasteiger charge is -2.23. The van der Waals surface area contributed by atoms with Gasteiger partial charge in [-0.3, -0.25) is 0 Å². The van der Waals surface area contributed by atoms with Crippen LogP contribution in [0.4, 0.5) is 0 Å². The largest absolute Gasteiger partial charge is 0.508 e. The molecule has 64 valence electrons. The smallest absolute Gasteiger partial charge is 0.115 e. The minimum atomic E-state index is 0.0642. The highest BCUT2D eigenvalue weighted by Gasteiger charge is 2.15. The van der Waals surface area contributed by atoms with E-state index in [9.17, 15) is 5.11 Å². The molecule has 0 spiro atoms. The van der Waals surface area contributed by atoms with Crippen molar-refractivity contribution in [3.63, 3.8) is 0 Å². The van der Waals surface area contributed by atoms with Crippen LogP contribution < -0.4 is 11.1 Å². The third-order valence-electron chi connectivity index (χ3n) is 2.21. The first-order valence-electron chi connectivity index (χ1n) is 4.05. The molecule has 0 fully saturated rings. The van der Waals surface area contributed by atoms with E-state index in [2.05, 4.69) is 5.32 Å². The number of hydrogen-bond donors (Lipinski definition) is 3. The molecule has 1 aliphatic heterocycles. The number of benzene rings is 1. The van der Waals surface area contributed by atoms with Crippen molar-refractivity contribution in [2.24, 2.45) is 5.73 Å². The van der Waals surface area contributed by atoms with Gasteiger partial charge in [0.2, 0.25) is 0 Å². The van der Waals surface area contributed by atoms with E-state index in [1.807, 2.05) is 6.07 Å². The molecule has 0 amide bonds. The molecule has 1 atom stereocenters. The van der Waals surface area contributed by atoms with Gasteiger partial charge in [0.1, 0.15) is 5.75 Å². The van der Waals surface area contributed by atoms with Crippen LogP contribution in [-0.4, -0.2) is 11.7 Å². The molecular formula is C9H12N2O. The van der Waals surface area contributed by atoms with Crippen LogP contribution in [0.3, 0.4) is 0 Å². The Kier molecular flexibility index (Phi) is 1.75. The van der Waals surface area contributed by atoms with E-state index < -0.39 is 0 Å². The fraction of sp³-hybridized carbons (Fsp3) is 0.333. The lowest BCUT2D eigenvalue weighted by Crippen LogP contribution is -2.32. The molecule has 2 rings (SSSR count). The van der Waals surface area contributed by atoms with Crippen molar-refractivity contribution in [3.05, 3.63) is 29.3 Å². The Bertz CT molecular complexity index is 299. The number of nitrogens with one attached hydrogen (secondary N) is 1. The molecule has 3 heteroatoms. The number of phenolic OH excluding ortho intramolecular Hbond substituents is 1. The Balaban J connectivity index is 2.46. The predicted octanol–water partition coefficient (Wildman–Crippen LogP) is 0.495. The first-order valence-corrected chi connectivity index (χ1v) is 4.05. The summed E-state index contributed by atoms with van der Waals surface area (Å²) in [5, 5.41) is 12.4. The Morgan fingerprint density at radius 3 is 3.17 bits per heavy atom. The van der Waals surface area contributed by atoms with E-state index >= 15 is 0 Å². The van der Waals surface area contributed by atoms with Crippen LogP contribution in [-0.2, 0) is 6.54 Å². The van der Waals surface area contributed by atoms with Gasteiger partial charge in [0.25, 0.3) is 0 Å². The third-order valence-corrected chi connectivity index (χ3v) is 2.21. The maximum absolute atomic E-state index is 9.21. The second-order valence-electron chi connectivity index (χ2n) is 3.12. The SMILES string of the molecule is NC1CNCc2cc(O)ccc21. The molecule has 4 N–H and O–H groups in total. The van der Waals surface area contributed by atoms with E-state index in [0.717, 1.165) is 24.2 Å². The third kappa shape index (κ3) is 1.17. The Morgan fingerprint density at radius 2 is 2.33 bits per heavy atom. The topological polar surface area (TPSA) is 58.3 Å². The van der Waals surface area contributed by atoms with Crippen LogP contribution in [0.25, 0.3) is 0 Å². The predicted molar refractivity (Wildman–Crippen MR) is 46.7 cm³/mol.